The topological polar surface area (TPSA) is 40.5 Å². The fourth-order valence-electron chi connectivity index (χ4n) is 3.04. The average Bonchev–Trinajstić information content (AvgIpc) is 2.21. The molecule has 1 aromatic rings. The van der Waals surface area contributed by atoms with Crippen LogP contribution in [0.5, 0.6) is 0 Å². The molecule has 0 amide bonds. The van der Waals surface area contributed by atoms with Crippen molar-refractivity contribution in [1.82, 2.24) is 0 Å². The minimum atomic E-state index is -0.936. The highest BCUT2D eigenvalue weighted by molar-refractivity contribution is 5.49. The molecule has 2 heteroatoms. The average molecular weight is 190 g/mol. The first-order valence-corrected chi connectivity index (χ1v) is 5.24. The van der Waals surface area contributed by atoms with Gasteiger partial charge in [-0.3, -0.25) is 0 Å². The van der Waals surface area contributed by atoms with E-state index in [1.165, 1.54) is 5.56 Å². The molecule has 2 aliphatic carbocycles. The predicted octanol–water partition coefficient (Wildman–Crippen LogP) is 1.52. The second kappa shape index (κ2) is 2.59. The summed E-state index contributed by atoms with van der Waals surface area (Å²) in [5.41, 5.74) is 1.24. The van der Waals surface area contributed by atoms with Gasteiger partial charge in [-0.15, -0.1) is 0 Å². The lowest BCUT2D eigenvalue weighted by Gasteiger charge is -2.53. The monoisotopic (exact) mass is 190 g/mol. The van der Waals surface area contributed by atoms with Crippen molar-refractivity contribution < 1.29 is 10.2 Å². The molecule has 1 aromatic carbocycles. The SMILES string of the molecule is O[C@@H]1CCCC2c3ccccc3[C@]21O. The normalized spacial score (nSPS) is 39.6. The van der Waals surface area contributed by atoms with E-state index in [-0.39, 0.29) is 5.92 Å². The molecule has 1 fully saturated rings. The first-order valence-electron chi connectivity index (χ1n) is 5.24. The number of rotatable bonds is 0. The zero-order valence-electron chi connectivity index (χ0n) is 7.98. The van der Waals surface area contributed by atoms with Crippen molar-refractivity contribution in [3.63, 3.8) is 0 Å². The fraction of sp³-hybridized carbons (Fsp3) is 0.500. The van der Waals surface area contributed by atoms with Crippen molar-refractivity contribution in [3.05, 3.63) is 35.4 Å². The Bertz CT molecular complexity index is 374. The molecule has 74 valence electrons. The molecule has 0 aliphatic heterocycles. The molecule has 14 heavy (non-hydrogen) atoms. The Balaban J connectivity index is 2.13. The molecular formula is C12H14O2. The van der Waals surface area contributed by atoms with Gasteiger partial charge in [-0.25, -0.2) is 0 Å². The van der Waals surface area contributed by atoms with Gasteiger partial charge >= 0.3 is 0 Å². The highest BCUT2D eigenvalue weighted by Crippen LogP contribution is 2.57. The van der Waals surface area contributed by atoms with E-state index in [0.29, 0.717) is 0 Å². The van der Waals surface area contributed by atoms with E-state index in [4.69, 9.17) is 0 Å². The third-order valence-electron chi connectivity index (χ3n) is 3.78. The number of hydrogen-bond acceptors (Lipinski definition) is 2. The highest BCUT2D eigenvalue weighted by atomic mass is 16.3. The molecule has 3 rings (SSSR count). The van der Waals surface area contributed by atoms with Crippen LogP contribution < -0.4 is 0 Å². The van der Waals surface area contributed by atoms with Gasteiger partial charge in [0.2, 0.25) is 0 Å². The molecular weight excluding hydrogens is 176 g/mol. The standard InChI is InChI=1S/C12H14O2/c13-11-7-3-6-10-8-4-1-2-5-9(8)12(10,11)14/h1-2,4-5,10-11,13-14H,3,6-7H2/t10?,11-,12+/m1/s1. The van der Waals surface area contributed by atoms with E-state index in [2.05, 4.69) is 6.07 Å². The van der Waals surface area contributed by atoms with Gasteiger partial charge in [-0.1, -0.05) is 30.7 Å². The summed E-state index contributed by atoms with van der Waals surface area (Å²) in [5.74, 6) is 0.169. The van der Waals surface area contributed by atoms with Crippen molar-refractivity contribution in [3.8, 4) is 0 Å². The van der Waals surface area contributed by atoms with Gasteiger partial charge in [0.25, 0.3) is 0 Å². The number of aliphatic hydroxyl groups excluding tert-OH is 1. The maximum absolute atomic E-state index is 10.4. The molecule has 0 bridgehead atoms. The van der Waals surface area contributed by atoms with Crippen LogP contribution in [0, 0.1) is 0 Å². The van der Waals surface area contributed by atoms with Crippen LogP contribution in [-0.4, -0.2) is 16.3 Å². The highest BCUT2D eigenvalue weighted by Gasteiger charge is 2.56. The molecule has 1 unspecified atom stereocenters. The van der Waals surface area contributed by atoms with E-state index in [9.17, 15) is 10.2 Å². The number of hydrogen-bond donors (Lipinski definition) is 2. The zero-order chi connectivity index (χ0) is 9.76. The predicted molar refractivity (Wildman–Crippen MR) is 52.9 cm³/mol. The van der Waals surface area contributed by atoms with Crippen LogP contribution in [0.4, 0.5) is 0 Å². The summed E-state index contributed by atoms with van der Waals surface area (Å²) >= 11 is 0. The smallest absolute Gasteiger partial charge is 0.122 e. The van der Waals surface area contributed by atoms with E-state index >= 15 is 0 Å². The molecule has 2 nitrogen and oxygen atoms in total. The van der Waals surface area contributed by atoms with Gasteiger partial charge in [0, 0.05) is 5.92 Å². The molecule has 0 spiro atoms. The third-order valence-corrected chi connectivity index (χ3v) is 3.78. The lowest BCUT2D eigenvalue weighted by Crippen LogP contribution is -2.54. The minimum Gasteiger partial charge on any atom is -0.390 e. The van der Waals surface area contributed by atoms with Crippen LogP contribution in [0.2, 0.25) is 0 Å². The molecule has 0 saturated heterocycles. The second-order valence-corrected chi connectivity index (χ2v) is 4.41. The molecule has 1 saturated carbocycles. The first-order chi connectivity index (χ1) is 6.74. The zero-order valence-corrected chi connectivity index (χ0v) is 7.98. The summed E-state index contributed by atoms with van der Waals surface area (Å²) in [4.78, 5) is 0. The quantitative estimate of drug-likeness (QED) is 0.651. The molecule has 0 radical (unpaired) electrons. The Hall–Kier alpha value is -0.860. The van der Waals surface area contributed by atoms with Crippen LogP contribution in [0.1, 0.15) is 36.3 Å². The maximum atomic E-state index is 10.4. The summed E-state index contributed by atoms with van der Waals surface area (Å²) in [6, 6.07) is 7.92. The van der Waals surface area contributed by atoms with Gasteiger partial charge in [-0.05, 0) is 24.0 Å². The van der Waals surface area contributed by atoms with Crippen molar-refractivity contribution in [1.29, 1.82) is 0 Å². The van der Waals surface area contributed by atoms with E-state index in [0.717, 1.165) is 24.8 Å². The molecule has 2 aliphatic rings. The maximum Gasteiger partial charge on any atom is 0.122 e. The van der Waals surface area contributed by atoms with Crippen molar-refractivity contribution >= 4 is 0 Å². The summed E-state index contributed by atoms with van der Waals surface area (Å²) < 4.78 is 0. The Morgan fingerprint density at radius 2 is 2.00 bits per heavy atom. The Morgan fingerprint density at radius 3 is 2.86 bits per heavy atom. The summed E-state index contributed by atoms with van der Waals surface area (Å²) in [5, 5.41) is 20.3. The number of fused-ring (bicyclic) bond motifs is 4. The summed E-state index contributed by atoms with van der Waals surface area (Å²) in [7, 11) is 0. The molecule has 2 N–H and O–H groups in total. The fourth-order valence-corrected chi connectivity index (χ4v) is 3.04. The third kappa shape index (κ3) is 0.787. The van der Waals surface area contributed by atoms with Gasteiger partial charge < -0.3 is 10.2 Å². The minimum absolute atomic E-state index is 0.169. The van der Waals surface area contributed by atoms with Gasteiger partial charge in [0.05, 0.1) is 6.10 Å². The Morgan fingerprint density at radius 1 is 1.21 bits per heavy atom. The largest absolute Gasteiger partial charge is 0.390 e. The second-order valence-electron chi connectivity index (χ2n) is 4.41. The first kappa shape index (κ1) is 8.45. The van der Waals surface area contributed by atoms with Crippen molar-refractivity contribution in [2.45, 2.75) is 36.9 Å². The van der Waals surface area contributed by atoms with Gasteiger partial charge in [0.15, 0.2) is 0 Å². The van der Waals surface area contributed by atoms with Crippen molar-refractivity contribution in [2.75, 3.05) is 0 Å². The summed E-state index contributed by atoms with van der Waals surface area (Å²) in [6.45, 7) is 0. The van der Waals surface area contributed by atoms with E-state index in [1.807, 2.05) is 18.2 Å². The molecule has 0 heterocycles. The van der Waals surface area contributed by atoms with Crippen LogP contribution >= 0.6 is 0 Å². The number of benzene rings is 1. The van der Waals surface area contributed by atoms with Crippen LogP contribution in [0.15, 0.2) is 24.3 Å². The van der Waals surface area contributed by atoms with E-state index in [1.54, 1.807) is 0 Å². The van der Waals surface area contributed by atoms with Crippen LogP contribution in [0.25, 0.3) is 0 Å². The number of aliphatic hydroxyl groups is 2. The van der Waals surface area contributed by atoms with Gasteiger partial charge in [0.1, 0.15) is 5.60 Å². The Kier molecular flexibility index (Phi) is 1.56. The van der Waals surface area contributed by atoms with E-state index < -0.39 is 11.7 Å². The van der Waals surface area contributed by atoms with Crippen LogP contribution in [0.3, 0.4) is 0 Å². The van der Waals surface area contributed by atoms with Crippen LogP contribution in [-0.2, 0) is 5.60 Å². The van der Waals surface area contributed by atoms with Crippen molar-refractivity contribution in [2.24, 2.45) is 0 Å². The Labute approximate surface area is 83.2 Å². The molecule has 3 atom stereocenters. The van der Waals surface area contributed by atoms with Gasteiger partial charge in [-0.2, -0.15) is 0 Å². The lowest BCUT2D eigenvalue weighted by molar-refractivity contribution is -0.140. The summed E-state index contributed by atoms with van der Waals surface area (Å²) in [6.07, 6.45) is 2.17. The lowest BCUT2D eigenvalue weighted by atomic mass is 9.57. The molecule has 0 aromatic heterocycles.